The van der Waals surface area contributed by atoms with E-state index in [1.807, 2.05) is 18.2 Å². The summed E-state index contributed by atoms with van der Waals surface area (Å²) in [4.78, 5) is 15.3. The number of nitrogens with zero attached hydrogens (tertiary/aromatic N) is 1. The van der Waals surface area contributed by atoms with Crippen LogP contribution in [0.15, 0.2) is 42.5 Å². The van der Waals surface area contributed by atoms with Gasteiger partial charge in [-0.15, -0.1) is 0 Å². The second-order valence-corrected chi connectivity index (χ2v) is 7.00. The zero-order valence-electron chi connectivity index (χ0n) is 15.7. The SMILES string of the molecule is COc1cccc(OC)c1C(=O)NCC(c1cccc(Cl)c1)N1CCCC1. The van der Waals surface area contributed by atoms with E-state index >= 15 is 0 Å². The molecule has 1 fully saturated rings. The van der Waals surface area contributed by atoms with Crippen molar-refractivity contribution in [1.82, 2.24) is 10.2 Å². The third-order valence-corrected chi connectivity index (χ3v) is 5.16. The van der Waals surface area contributed by atoms with Crippen molar-refractivity contribution in [1.29, 1.82) is 0 Å². The minimum Gasteiger partial charge on any atom is -0.496 e. The molecule has 144 valence electrons. The largest absolute Gasteiger partial charge is 0.496 e. The van der Waals surface area contributed by atoms with E-state index in [9.17, 15) is 4.79 Å². The van der Waals surface area contributed by atoms with E-state index in [0.717, 1.165) is 18.7 Å². The molecule has 0 spiro atoms. The van der Waals surface area contributed by atoms with Crippen molar-refractivity contribution in [3.8, 4) is 11.5 Å². The number of benzene rings is 2. The van der Waals surface area contributed by atoms with Crippen LogP contribution in [0, 0.1) is 0 Å². The highest BCUT2D eigenvalue weighted by atomic mass is 35.5. The summed E-state index contributed by atoms with van der Waals surface area (Å²) in [5, 5.41) is 3.76. The van der Waals surface area contributed by atoms with Gasteiger partial charge in [0, 0.05) is 11.6 Å². The van der Waals surface area contributed by atoms with Gasteiger partial charge in [-0.1, -0.05) is 29.8 Å². The molecule has 2 aromatic rings. The number of halogens is 1. The fraction of sp³-hybridized carbons (Fsp3) is 0.381. The topological polar surface area (TPSA) is 50.8 Å². The summed E-state index contributed by atoms with van der Waals surface area (Å²) in [6, 6.07) is 13.2. The van der Waals surface area contributed by atoms with Crippen LogP contribution in [-0.2, 0) is 0 Å². The number of nitrogens with one attached hydrogen (secondary N) is 1. The molecule has 1 saturated heterocycles. The molecule has 1 amide bonds. The average molecular weight is 389 g/mol. The predicted octanol–water partition coefficient (Wildman–Crippen LogP) is 3.92. The molecule has 1 aliphatic heterocycles. The van der Waals surface area contributed by atoms with Crippen LogP contribution in [0.4, 0.5) is 0 Å². The highest BCUT2D eigenvalue weighted by molar-refractivity contribution is 6.30. The Balaban J connectivity index is 1.80. The second kappa shape index (κ2) is 9.11. The molecule has 0 aromatic heterocycles. The lowest BCUT2D eigenvalue weighted by Gasteiger charge is -2.28. The minimum absolute atomic E-state index is 0.0795. The Hall–Kier alpha value is -2.24. The highest BCUT2D eigenvalue weighted by Gasteiger charge is 2.25. The van der Waals surface area contributed by atoms with E-state index in [4.69, 9.17) is 21.1 Å². The van der Waals surface area contributed by atoms with Gasteiger partial charge in [-0.25, -0.2) is 0 Å². The summed E-state index contributed by atoms with van der Waals surface area (Å²) in [5.41, 5.74) is 1.52. The Kier molecular flexibility index (Phi) is 6.58. The van der Waals surface area contributed by atoms with Gasteiger partial charge < -0.3 is 14.8 Å². The maximum absolute atomic E-state index is 12.9. The van der Waals surface area contributed by atoms with Gasteiger partial charge in [-0.2, -0.15) is 0 Å². The van der Waals surface area contributed by atoms with Crippen LogP contribution in [0.3, 0.4) is 0 Å². The zero-order chi connectivity index (χ0) is 19.2. The number of hydrogen-bond donors (Lipinski definition) is 1. The van der Waals surface area contributed by atoms with Crippen LogP contribution in [0.2, 0.25) is 5.02 Å². The summed E-state index contributed by atoms with van der Waals surface area (Å²) >= 11 is 6.19. The van der Waals surface area contributed by atoms with Crippen LogP contribution < -0.4 is 14.8 Å². The Morgan fingerprint density at radius 2 is 1.74 bits per heavy atom. The Labute approximate surface area is 165 Å². The van der Waals surface area contributed by atoms with Crippen LogP contribution in [-0.4, -0.2) is 44.7 Å². The Morgan fingerprint density at radius 1 is 1.11 bits per heavy atom. The molecule has 0 bridgehead atoms. The summed E-state index contributed by atoms with van der Waals surface area (Å²) in [6.45, 7) is 2.52. The molecule has 27 heavy (non-hydrogen) atoms. The monoisotopic (exact) mass is 388 g/mol. The van der Waals surface area contributed by atoms with Crippen molar-refractivity contribution in [2.24, 2.45) is 0 Å². The molecular weight excluding hydrogens is 364 g/mol. The summed E-state index contributed by atoms with van der Waals surface area (Å²) < 4.78 is 10.7. The highest BCUT2D eigenvalue weighted by Crippen LogP contribution is 2.29. The first-order chi connectivity index (χ1) is 13.1. The molecule has 1 heterocycles. The quantitative estimate of drug-likeness (QED) is 0.780. The number of likely N-dealkylation sites (tertiary alicyclic amines) is 1. The van der Waals surface area contributed by atoms with Gasteiger partial charge in [-0.05, 0) is 55.8 Å². The third kappa shape index (κ3) is 4.54. The van der Waals surface area contributed by atoms with Crippen molar-refractivity contribution in [3.63, 3.8) is 0 Å². The van der Waals surface area contributed by atoms with Crippen LogP contribution in [0.25, 0.3) is 0 Å². The van der Waals surface area contributed by atoms with Gasteiger partial charge in [0.25, 0.3) is 5.91 Å². The molecule has 5 nitrogen and oxygen atoms in total. The van der Waals surface area contributed by atoms with Gasteiger partial charge in [-0.3, -0.25) is 9.69 Å². The fourth-order valence-corrected chi connectivity index (χ4v) is 3.78. The number of ether oxygens (including phenoxy) is 2. The predicted molar refractivity (Wildman–Crippen MR) is 107 cm³/mol. The van der Waals surface area contributed by atoms with Crippen molar-refractivity contribution in [3.05, 3.63) is 58.6 Å². The van der Waals surface area contributed by atoms with Gasteiger partial charge in [0.05, 0.1) is 20.3 Å². The van der Waals surface area contributed by atoms with Crippen LogP contribution in [0.5, 0.6) is 11.5 Å². The lowest BCUT2D eigenvalue weighted by atomic mass is 10.0. The van der Waals surface area contributed by atoms with Gasteiger partial charge in [0.1, 0.15) is 17.1 Å². The molecule has 0 saturated carbocycles. The first-order valence-corrected chi connectivity index (χ1v) is 9.50. The maximum Gasteiger partial charge on any atom is 0.258 e. The van der Waals surface area contributed by atoms with E-state index in [-0.39, 0.29) is 11.9 Å². The number of rotatable bonds is 7. The average Bonchev–Trinajstić information content (AvgIpc) is 3.21. The molecule has 0 radical (unpaired) electrons. The normalized spacial score (nSPS) is 15.4. The lowest BCUT2D eigenvalue weighted by Crippen LogP contribution is -2.37. The Morgan fingerprint density at radius 3 is 2.33 bits per heavy atom. The van der Waals surface area contributed by atoms with E-state index in [2.05, 4.69) is 16.3 Å². The first kappa shape index (κ1) is 19.5. The maximum atomic E-state index is 12.9. The van der Waals surface area contributed by atoms with E-state index in [1.165, 1.54) is 12.8 Å². The van der Waals surface area contributed by atoms with Gasteiger partial charge in [0.15, 0.2) is 0 Å². The molecular formula is C21H25ClN2O3. The standard InChI is InChI=1S/C21H25ClN2O3/c1-26-18-9-6-10-19(27-2)20(18)21(25)23-14-17(24-11-3-4-12-24)15-7-5-8-16(22)13-15/h5-10,13,17H,3-4,11-12,14H2,1-2H3,(H,23,25). The first-order valence-electron chi connectivity index (χ1n) is 9.12. The van der Waals surface area contributed by atoms with E-state index < -0.39 is 0 Å². The zero-order valence-corrected chi connectivity index (χ0v) is 16.5. The van der Waals surface area contributed by atoms with E-state index in [0.29, 0.717) is 28.6 Å². The number of carbonyl (C=O) groups excluding carboxylic acids is 1. The van der Waals surface area contributed by atoms with Crippen molar-refractivity contribution >= 4 is 17.5 Å². The molecule has 1 aliphatic rings. The molecule has 2 aromatic carbocycles. The Bertz CT molecular complexity index is 768. The molecule has 6 heteroatoms. The van der Waals surface area contributed by atoms with Gasteiger partial charge >= 0.3 is 0 Å². The second-order valence-electron chi connectivity index (χ2n) is 6.56. The molecule has 1 unspecified atom stereocenters. The molecule has 1 N–H and O–H groups in total. The summed E-state index contributed by atoms with van der Waals surface area (Å²) in [7, 11) is 3.09. The van der Waals surface area contributed by atoms with Crippen molar-refractivity contribution < 1.29 is 14.3 Å². The van der Waals surface area contributed by atoms with Crippen LogP contribution >= 0.6 is 11.6 Å². The van der Waals surface area contributed by atoms with E-state index in [1.54, 1.807) is 32.4 Å². The molecule has 1 atom stereocenters. The van der Waals surface area contributed by atoms with Crippen LogP contribution in [0.1, 0.15) is 34.8 Å². The fourth-order valence-electron chi connectivity index (χ4n) is 3.58. The lowest BCUT2D eigenvalue weighted by molar-refractivity contribution is 0.0931. The molecule has 0 aliphatic carbocycles. The van der Waals surface area contributed by atoms with Crippen molar-refractivity contribution in [2.45, 2.75) is 18.9 Å². The smallest absolute Gasteiger partial charge is 0.258 e. The third-order valence-electron chi connectivity index (χ3n) is 4.93. The molecule has 3 rings (SSSR count). The number of hydrogen-bond acceptors (Lipinski definition) is 4. The van der Waals surface area contributed by atoms with Crippen molar-refractivity contribution in [2.75, 3.05) is 33.9 Å². The number of carbonyl (C=O) groups is 1. The van der Waals surface area contributed by atoms with Gasteiger partial charge in [0.2, 0.25) is 0 Å². The minimum atomic E-state index is -0.212. The summed E-state index contributed by atoms with van der Waals surface area (Å²) in [5.74, 6) is 0.773. The summed E-state index contributed by atoms with van der Waals surface area (Å²) in [6.07, 6.45) is 2.34. The number of methoxy groups -OCH3 is 2. The number of amides is 1.